The van der Waals surface area contributed by atoms with Crippen molar-refractivity contribution in [3.63, 3.8) is 0 Å². The molecule has 1 amide bonds. The molecule has 0 aliphatic carbocycles. The molecule has 11 heavy (non-hydrogen) atoms. The molecule has 1 aliphatic heterocycles. The molecule has 0 aromatic rings. The molecule has 60 valence electrons. The van der Waals surface area contributed by atoms with E-state index in [9.17, 15) is 4.79 Å². The van der Waals surface area contributed by atoms with Crippen LogP contribution in [0.2, 0.25) is 0 Å². The molecule has 2 atom stereocenters. The van der Waals surface area contributed by atoms with Crippen molar-refractivity contribution in [1.82, 2.24) is 5.32 Å². The average Bonchev–Trinajstić information content (AvgIpc) is 2.39. The van der Waals surface area contributed by atoms with E-state index in [1.807, 2.05) is 6.92 Å². The zero-order chi connectivity index (χ0) is 8.27. The molecule has 0 saturated carbocycles. The highest BCUT2D eigenvalue weighted by Crippen LogP contribution is 2.21. The first-order chi connectivity index (χ1) is 5.27. The van der Waals surface area contributed by atoms with E-state index >= 15 is 0 Å². The van der Waals surface area contributed by atoms with Gasteiger partial charge in [-0.05, 0) is 6.42 Å². The topological polar surface area (TPSA) is 52.9 Å². The van der Waals surface area contributed by atoms with Crippen molar-refractivity contribution in [3.8, 4) is 6.07 Å². The predicted molar refractivity (Wildman–Crippen MR) is 40.5 cm³/mol. The summed E-state index contributed by atoms with van der Waals surface area (Å²) in [6.07, 6.45) is 1.38. The maximum Gasteiger partial charge on any atom is 0.220 e. The first-order valence-electron chi connectivity index (χ1n) is 3.94. The minimum atomic E-state index is 0.0500. The Kier molecular flexibility index (Phi) is 2.48. The van der Waals surface area contributed by atoms with E-state index in [2.05, 4.69) is 11.4 Å². The normalized spacial score (nSPS) is 25.8. The Bertz CT molecular complexity index is 195. The number of carbonyl (C=O) groups excluding carboxylic acids is 1. The lowest BCUT2D eigenvalue weighted by Crippen LogP contribution is -2.17. The van der Waals surface area contributed by atoms with Crippen molar-refractivity contribution in [3.05, 3.63) is 0 Å². The standard InChI is InChI=1S/C8H12N2O/c1-2-6(4-9)7-3-8(11)10-5-7/h6-7H,2-3,5H2,1H3,(H,10,11). The van der Waals surface area contributed by atoms with Gasteiger partial charge in [0.25, 0.3) is 0 Å². The van der Waals surface area contributed by atoms with Crippen LogP contribution in [-0.2, 0) is 4.79 Å². The van der Waals surface area contributed by atoms with Crippen LogP contribution in [0, 0.1) is 23.2 Å². The van der Waals surface area contributed by atoms with Crippen LogP contribution in [0.15, 0.2) is 0 Å². The van der Waals surface area contributed by atoms with Gasteiger partial charge in [-0.2, -0.15) is 5.26 Å². The van der Waals surface area contributed by atoms with Crippen molar-refractivity contribution in [2.24, 2.45) is 11.8 Å². The van der Waals surface area contributed by atoms with Gasteiger partial charge in [0.2, 0.25) is 5.91 Å². The summed E-state index contributed by atoms with van der Waals surface area (Å²) in [5, 5.41) is 11.4. The monoisotopic (exact) mass is 152 g/mol. The smallest absolute Gasteiger partial charge is 0.220 e. The molecule has 3 heteroatoms. The maximum absolute atomic E-state index is 10.8. The highest BCUT2D eigenvalue weighted by molar-refractivity contribution is 5.78. The average molecular weight is 152 g/mol. The lowest BCUT2D eigenvalue weighted by Gasteiger charge is -2.10. The van der Waals surface area contributed by atoms with E-state index in [0.29, 0.717) is 13.0 Å². The van der Waals surface area contributed by atoms with Gasteiger partial charge < -0.3 is 5.32 Å². The fourth-order valence-electron chi connectivity index (χ4n) is 1.44. The zero-order valence-electron chi connectivity index (χ0n) is 6.63. The van der Waals surface area contributed by atoms with Gasteiger partial charge in [-0.1, -0.05) is 6.92 Å². The van der Waals surface area contributed by atoms with Gasteiger partial charge >= 0.3 is 0 Å². The summed E-state index contributed by atoms with van der Waals surface area (Å²) in [7, 11) is 0. The van der Waals surface area contributed by atoms with Crippen LogP contribution in [0.5, 0.6) is 0 Å². The maximum atomic E-state index is 10.8. The fraction of sp³-hybridized carbons (Fsp3) is 0.750. The van der Waals surface area contributed by atoms with Crippen LogP contribution in [0.1, 0.15) is 19.8 Å². The molecule has 1 aliphatic rings. The molecule has 0 bridgehead atoms. The highest BCUT2D eigenvalue weighted by atomic mass is 16.1. The molecular formula is C8H12N2O. The first kappa shape index (κ1) is 8.06. The van der Waals surface area contributed by atoms with Gasteiger partial charge in [0.05, 0.1) is 12.0 Å². The molecule has 3 nitrogen and oxygen atoms in total. The third-order valence-corrected chi connectivity index (χ3v) is 2.18. The molecule has 0 aromatic carbocycles. The van der Waals surface area contributed by atoms with Gasteiger partial charge in [-0.25, -0.2) is 0 Å². The van der Waals surface area contributed by atoms with E-state index in [4.69, 9.17) is 5.26 Å². The number of nitriles is 1. The van der Waals surface area contributed by atoms with E-state index in [1.165, 1.54) is 0 Å². The lowest BCUT2D eigenvalue weighted by molar-refractivity contribution is -0.119. The van der Waals surface area contributed by atoms with E-state index < -0.39 is 0 Å². The molecular weight excluding hydrogens is 140 g/mol. The van der Waals surface area contributed by atoms with Crippen LogP contribution >= 0.6 is 0 Å². The Labute approximate surface area is 66.4 Å². The number of nitrogens with zero attached hydrogens (tertiary/aromatic N) is 1. The van der Waals surface area contributed by atoms with Crippen molar-refractivity contribution in [2.45, 2.75) is 19.8 Å². The predicted octanol–water partition coefficient (Wildman–Crippen LogP) is 0.672. The van der Waals surface area contributed by atoms with Crippen LogP contribution in [0.25, 0.3) is 0 Å². The molecule has 2 unspecified atom stereocenters. The summed E-state index contributed by atoms with van der Waals surface area (Å²) in [4.78, 5) is 10.8. The molecule has 1 N–H and O–H groups in total. The van der Waals surface area contributed by atoms with Crippen LogP contribution in [-0.4, -0.2) is 12.5 Å². The third kappa shape index (κ3) is 1.70. The molecule has 1 rings (SSSR count). The van der Waals surface area contributed by atoms with Crippen molar-refractivity contribution in [1.29, 1.82) is 5.26 Å². The molecule has 0 aromatic heterocycles. The minimum absolute atomic E-state index is 0.0500. The third-order valence-electron chi connectivity index (χ3n) is 2.18. The number of hydrogen-bond acceptors (Lipinski definition) is 2. The fourth-order valence-corrected chi connectivity index (χ4v) is 1.44. The lowest BCUT2D eigenvalue weighted by atomic mass is 9.91. The highest BCUT2D eigenvalue weighted by Gasteiger charge is 2.27. The minimum Gasteiger partial charge on any atom is -0.356 e. The van der Waals surface area contributed by atoms with Crippen LogP contribution in [0.4, 0.5) is 0 Å². The number of nitrogens with one attached hydrogen (secondary N) is 1. The summed E-state index contributed by atoms with van der Waals surface area (Å²) in [5.41, 5.74) is 0. The summed E-state index contributed by atoms with van der Waals surface area (Å²) in [6.45, 7) is 2.67. The second kappa shape index (κ2) is 3.38. The number of amides is 1. The number of carbonyl (C=O) groups is 1. The van der Waals surface area contributed by atoms with Crippen LogP contribution < -0.4 is 5.32 Å². The van der Waals surface area contributed by atoms with Crippen molar-refractivity contribution in [2.75, 3.05) is 6.54 Å². The molecule has 1 saturated heterocycles. The Balaban J connectivity index is 2.48. The second-order valence-corrected chi connectivity index (χ2v) is 2.91. The second-order valence-electron chi connectivity index (χ2n) is 2.91. The van der Waals surface area contributed by atoms with Gasteiger partial charge in [0.1, 0.15) is 0 Å². The number of rotatable bonds is 2. The van der Waals surface area contributed by atoms with E-state index in [-0.39, 0.29) is 17.7 Å². The van der Waals surface area contributed by atoms with Gasteiger partial charge in [0.15, 0.2) is 0 Å². The quantitative estimate of drug-likeness (QED) is 0.632. The Morgan fingerprint density at radius 3 is 3.00 bits per heavy atom. The largest absolute Gasteiger partial charge is 0.356 e. The first-order valence-corrected chi connectivity index (χ1v) is 3.94. The SMILES string of the molecule is CCC(C#N)C1CNC(=O)C1. The van der Waals surface area contributed by atoms with Crippen LogP contribution in [0.3, 0.4) is 0 Å². The summed E-state index contributed by atoms with van der Waals surface area (Å²) in [6, 6.07) is 2.22. The van der Waals surface area contributed by atoms with E-state index in [0.717, 1.165) is 6.42 Å². The van der Waals surface area contributed by atoms with E-state index in [1.54, 1.807) is 0 Å². The van der Waals surface area contributed by atoms with Crippen molar-refractivity contribution >= 4 is 5.91 Å². The molecule has 1 heterocycles. The zero-order valence-corrected chi connectivity index (χ0v) is 6.63. The molecule has 0 radical (unpaired) electrons. The molecule has 1 fully saturated rings. The van der Waals surface area contributed by atoms with Gasteiger partial charge in [-0.3, -0.25) is 4.79 Å². The summed E-state index contributed by atoms with van der Waals surface area (Å²) < 4.78 is 0. The number of hydrogen-bond donors (Lipinski definition) is 1. The Hall–Kier alpha value is -1.04. The Morgan fingerprint density at radius 1 is 1.91 bits per heavy atom. The van der Waals surface area contributed by atoms with Crippen molar-refractivity contribution < 1.29 is 4.79 Å². The van der Waals surface area contributed by atoms with Gasteiger partial charge in [-0.15, -0.1) is 0 Å². The van der Waals surface area contributed by atoms with Gasteiger partial charge in [0, 0.05) is 18.9 Å². The Morgan fingerprint density at radius 2 is 2.64 bits per heavy atom. The summed E-state index contributed by atoms with van der Waals surface area (Å²) >= 11 is 0. The summed E-state index contributed by atoms with van der Waals surface area (Å²) in [5.74, 6) is 0.384. The molecule has 0 spiro atoms.